The van der Waals surface area contributed by atoms with E-state index < -0.39 is 30.1 Å². The number of nitrogens with zero attached hydrogens (tertiary/aromatic N) is 2. The average Bonchev–Trinajstić information content (AvgIpc) is 3.78. The second-order valence-corrected chi connectivity index (χ2v) is 10.5. The Morgan fingerprint density at radius 1 is 0.902 bits per heavy atom. The van der Waals surface area contributed by atoms with Crippen LogP contribution in [0.25, 0.3) is 0 Å². The molecular weight excluding hydrogens is 530 g/mol. The third kappa shape index (κ3) is 7.47. The Bertz CT molecular complexity index is 1210. The lowest BCUT2D eigenvalue weighted by molar-refractivity contribution is -0.138. The lowest BCUT2D eigenvalue weighted by Gasteiger charge is -2.37. The van der Waals surface area contributed by atoms with Gasteiger partial charge in [0.15, 0.2) is 23.7 Å². The van der Waals surface area contributed by atoms with Crippen LogP contribution in [0, 0.1) is 5.92 Å². The number of ether oxygens (including phenoxy) is 5. The summed E-state index contributed by atoms with van der Waals surface area (Å²) in [7, 11) is 4.76. The molecule has 2 saturated heterocycles. The van der Waals surface area contributed by atoms with Crippen molar-refractivity contribution in [1.82, 2.24) is 15.1 Å². The van der Waals surface area contributed by atoms with Gasteiger partial charge in [0.05, 0.1) is 21.3 Å². The summed E-state index contributed by atoms with van der Waals surface area (Å²) in [5.41, 5.74) is 0.958. The van der Waals surface area contributed by atoms with Gasteiger partial charge in [0.25, 0.3) is 5.91 Å². The minimum Gasteiger partial charge on any atom is -0.493 e. The molecular formula is C30H39N3O8. The average molecular weight is 570 g/mol. The van der Waals surface area contributed by atoms with Crippen molar-refractivity contribution in [3.05, 3.63) is 48.0 Å². The fourth-order valence-electron chi connectivity index (χ4n) is 4.98. The summed E-state index contributed by atoms with van der Waals surface area (Å²) in [6.45, 7) is 6.96. The van der Waals surface area contributed by atoms with Gasteiger partial charge >= 0.3 is 5.97 Å². The van der Waals surface area contributed by atoms with Crippen molar-refractivity contribution in [3.8, 4) is 23.0 Å². The third-order valence-corrected chi connectivity index (χ3v) is 7.13. The third-order valence-electron chi connectivity index (χ3n) is 7.13. The number of piperazine rings is 1. The van der Waals surface area contributed by atoms with Gasteiger partial charge in [-0.1, -0.05) is 38.1 Å². The first kappa shape index (κ1) is 30.1. The molecule has 2 amide bonds. The maximum atomic E-state index is 13.5. The van der Waals surface area contributed by atoms with Gasteiger partial charge in [-0.25, -0.2) is 4.79 Å². The van der Waals surface area contributed by atoms with Gasteiger partial charge in [0.2, 0.25) is 11.7 Å². The van der Waals surface area contributed by atoms with Crippen molar-refractivity contribution in [3.63, 3.8) is 0 Å². The summed E-state index contributed by atoms with van der Waals surface area (Å²) in [5, 5.41) is 2.83. The predicted octanol–water partition coefficient (Wildman–Crippen LogP) is 2.26. The van der Waals surface area contributed by atoms with Crippen LogP contribution in [0.3, 0.4) is 0 Å². The van der Waals surface area contributed by atoms with E-state index in [9.17, 15) is 14.4 Å². The zero-order valence-electron chi connectivity index (χ0n) is 24.3. The summed E-state index contributed by atoms with van der Waals surface area (Å²) in [5.74, 6) is 1.05. The second kappa shape index (κ2) is 13.7. The summed E-state index contributed by atoms with van der Waals surface area (Å²) >= 11 is 0. The lowest BCUT2D eigenvalue weighted by Crippen LogP contribution is -2.55. The highest BCUT2D eigenvalue weighted by Gasteiger charge is 2.52. The SMILES string of the molecule is COc1ccc(CN2CCN(C(=O)[C@H](CC(C)C)NC(=O)[C@@H]3O[C@H]3C(=O)Oc3ccccc3)CC2)c(OC)c1OC. The molecule has 2 aromatic rings. The van der Waals surface area contributed by atoms with E-state index in [1.54, 1.807) is 50.5 Å². The molecule has 3 atom stereocenters. The van der Waals surface area contributed by atoms with E-state index in [0.717, 1.165) is 5.56 Å². The maximum Gasteiger partial charge on any atom is 0.344 e. The monoisotopic (exact) mass is 569 g/mol. The molecule has 2 aromatic carbocycles. The van der Waals surface area contributed by atoms with Gasteiger partial charge in [-0.15, -0.1) is 0 Å². The van der Waals surface area contributed by atoms with E-state index in [-0.39, 0.29) is 11.8 Å². The summed E-state index contributed by atoms with van der Waals surface area (Å²) in [4.78, 5) is 42.8. The first-order valence-corrected chi connectivity index (χ1v) is 13.8. The van der Waals surface area contributed by atoms with Crippen LogP contribution < -0.4 is 24.3 Å². The Morgan fingerprint density at radius 3 is 2.20 bits per heavy atom. The number of hydrogen-bond donors (Lipinski definition) is 1. The van der Waals surface area contributed by atoms with Gasteiger partial charge in [0.1, 0.15) is 11.8 Å². The van der Waals surface area contributed by atoms with Crippen molar-refractivity contribution in [2.45, 2.75) is 45.1 Å². The molecule has 11 nitrogen and oxygen atoms in total. The van der Waals surface area contributed by atoms with Gasteiger partial charge < -0.3 is 33.9 Å². The van der Waals surface area contributed by atoms with Crippen molar-refractivity contribution in [1.29, 1.82) is 0 Å². The highest BCUT2D eigenvalue weighted by molar-refractivity contribution is 5.96. The van der Waals surface area contributed by atoms with Crippen molar-refractivity contribution in [2.75, 3.05) is 47.5 Å². The topological polar surface area (TPSA) is 119 Å². The highest BCUT2D eigenvalue weighted by Crippen LogP contribution is 2.40. The number of epoxide rings is 1. The number of benzene rings is 2. The summed E-state index contributed by atoms with van der Waals surface area (Å²) in [6, 6.07) is 11.7. The molecule has 0 aromatic heterocycles. The van der Waals surface area contributed by atoms with Crippen LogP contribution in [0.2, 0.25) is 0 Å². The standard InChI is InChI=1S/C30H39N3O8/c1-19(2)17-22(31-28(34)26-27(41-26)30(36)40-21-9-7-6-8-10-21)29(35)33-15-13-32(14-16-33)18-20-11-12-23(37-3)25(39-5)24(20)38-4/h6-12,19,22,26-27H,13-18H2,1-5H3,(H,31,34)/t22-,26+,27+/m0/s1. The first-order valence-electron chi connectivity index (χ1n) is 13.8. The van der Waals surface area contributed by atoms with E-state index in [1.165, 1.54) is 0 Å². The fourth-order valence-corrected chi connectivity index (χ4v) is 4.98. The van der Waals surface area contributed by atoms with Crippen molar-refractivity contribution >= 4 is 17.8 Å². The number of rotatable bonds is 12. The van der Waals surface area contributed by atoms with Crippen LogP contribution >= 0.6 is 0 Å². The van der Waals surface area contributed by atoms with Crippen molar-refractivity contribution in [2.24, 2.45) is 5.92 Å². The predicted molar refractivity (Wildman–Crippen MR) is 150 cm³/mol. The van der Waals surface area contributed by atoms with E-state index >= 15 is 0 Å². The maximum absolute atomic E-state index is 13.5. The highest BCUT2D eigenvalue weighted by atomic mass is 16.6. The molecule has 0 aliphatic carbocycles. The van der Waals surface area contributed by atoms with Gasteiger partial charge in [-0.3, -0.25) is 14.5 Å². The van der Waals surface area contributed by atoms with Crippen LogP contribution in [-0.2, 0) is 25.7 Å². The van der Waals surface area contributed by atoms with Crippen LogP contribution in [0.5, 0.6) is 23.0 Å². The molecule has 2 aliphatic heterocycles. The van der Waals surface area contributed by atoms with Crippen LogP contribution in [0.4, 0.5) is 0 Å². The Morgan fingerprint density at radius 2 is 1.59 bits per heavy atom. The Labute approximate surface area is 240 Å². The molecule has 0 radical (unpaired) electrons. The van der Waals surface area contributed by atoms with E-state index in [4.69, 9.17) is 23.7 Å². The molecule has 2 heterocycles. The molecule has 0 spiro atoms. The number of esters is 1. The van der Waals surface area contributed by atoms with Gasteiger partial charge in [-0.2, -0.15) is 0 Å². The Kier molecular flexibility index (Phi) is 10.1. The van der Waals surface area contributed by atoms with Crippen LogP contribution in [0.15, 0.2) is 42.5 Å². The normalized spacial score (nSPS) is 19.3. The van der Waals surface area contributed by atoms with Gasteiger partial charge in [0, 0.05) is 38.3 Å². The largest absolute Gasteiger partial charge is 0.493 e. The number of carbonyl (C=O) groups is 3. The van der Waals surface area contributed by atoms with E-state index in [0.29, 0.717) is 62.1 Å². The molecule has 0 saturated carbocycles. The molecule has 11 heteroatoms. The Balaban J connectivity index is 1.32. The number of methoxy groups -OCH3 is 3. The molecule has 222 valence electrons. The minimum atomic E-state index is -0.984. The quantitative estimate of drug-likeness (QED) is 0.233. The Hall–Kier alpha value is -3.83. The number of para-hydroxylation sites is 1. The van der Waals surface area contributed by atoms with Crippen LogP contribution in [-0.4, -0.2) is 93.3 Å². The van der Waals surface area contributed by atoms with E-state index in [2.05, 4.69) is 10.2 Å². The molecule has 4 rings (SSSR count). The van der Waals surface area contributed by atoms with Crippen LogP contribution in [0.1, 0.15) is 25.8 Å². The van der Waals surface area contributed by atoms with E-state index in [1.807, 2.05) is 32.0 Å². The van der Waals surface area contributed by atoms with Gasteiger partial charge in [-0.05, 0) is 30.5 Å². The molecule has 2 aliphatic rings. The van der Waals surface area contributed by atoms with Crippen molar-refractivity contribution < 1.29 is 38.1 Å². The minimum absolute atomic E-state index is 0.139. The number of carbonyl (C=O) groups excluding carboxylic acids is 3. The first-order chi connectivity index (χ1) is 19.7. The summed E-state index contributed by atoms with van der Waals surface area (Å²) < 4.78 is 27.1. The molecule has 41 heavy (non-hydrogen) atoms. The molecule has 0 bridgehead atoms. The fraction of sp³-hybridized carbons (Fsp3) is 0.500. The smallest absolute Gasteiger partial charge is 0.344 e. The zero-order chi connectivity index (χ0) is 29.5. The zero-order valence-corrected chi connectivity index (χ0v) is 24.3. The summed E-state index contributed by atoms with van der Waals surface area (Å²) in [6.07, 6.45) is -1.48. The lowest BCUT2D eigenvalue weighted by atomic mass is 10.0. The number of hydrogen-bond acceptors (Lipinski definition) is 9. The second-order valence-electron chi connectivity index (χ2n) is 10.5. The molecule has 2 fully saturated rings. The molecule has 0 unspecified atom stereocenters. The number of amides is 2. The molecule has 1 N–H and O–H groups in total. The number of nitrogens with one attached hydrogen (secondary N) is 1.